The van der Waals surface area contributed by atoms with Crippen LogP contribution in [0, 0.1) is 5.92 Å². The molecule has 2 fully saturated rings. The van der Waals surface area contributed by atoms with Crippen LogP contribution in [0.3, 0.4) is 0 Å². The predicted molar refractivity (Wildman–Crippen MR) is 150 cm³/mol. The Bertz CT molecular complexity index is 1390. The second-order valence-corrected chi connectivity index (χ2v) is 11.5. The Morgan fingerprint density at radius 2 is 1.97 bits per heavy atom. The number of hydrogen-bond acceptors (Lipinski definition) is 8. The summed E-state index contributed by atoms with van der Waals surface area (Å²) in [5.74, 6) is -1.86. The highest BCUT2D eigenvalue weighted by atomic mass is 32.1. The molecule has 0 radical (unpaired) electrons. The summed E-state index contributed by atoms with van der Waals surface area (Å²) in [4.78, 5) is 51.2. The third-order valence-electron chi connectivity index (χ3n) is 7.52. The summed E-state index contributed by atoms with van der Waals surface area (Å²) >= 11 is 1.73. The van der Waals surface area contributed by atoms with Gasteiger partial charge in [-0.05, 0) is 68.5 Å². The standard InChI is InChI=1S/C28H34N6O4S/c1-17-5-7-22(18-6-8-23-21(13-18)32-24(39-23)9-12-33-10-3-4-11-33)34(16-17)28(37)26(36)31-19-14-20(25(29)35)27(38-2)30-15-19/h6,8,13-15,17,22H,3-5,7,9-12,16H2,1-2H3,(H2,29,35)(H,31,36)/t17-,22+/m0/s1. The molecule has 2 saturated heterocycles. The van der Waals surface area contributed by atoms with Crippen molar-refractivity contribution in [1.82, 2.24) is 19.8 Å². The first-order valence-electron chi connectivity index (χ1n) is 13.4. The van der Waals surface area contributed by atoms with Gasteiger partial charge in [-0.3, -0.25) is 14.4 Å². The van der Waals surface area contributed by atoms with Crippen LogP contribution in [0.15, 0.2) is 30.5 Å². The zero-order chi connectivity index (χ0) is 27.5. The number of aromatic nitrogens is 2. The fourth-order valence-electron chi connectivity index (χ4n) is 5.46. The molecule has 0 spiro atoms. The van der Waals surface area contributed by atoms with Crippen LogP contribution in [0.4, 0.5) is 5.69 Å². The Morgan fingerprint density at radius 3 is 2.72 bits per heavy atom. The summed E-state index contributed by atoms with van der Waals surface area (Å²) in [6.07, 6.45) is 6.54. The molecule has 2 aliphatic rings. The lowest BCUT2D eigenvalue weighted by Crippen LogP contribution is -2.46. The number of nitrogens with two attached hydrogens (primary N) is 1. The normalized spacial score (nSPS) is 19.8. The number of fused-ring (bicyclic) bond motifs is 1. The average molecular weight is 551 g/mol. The largest absolute Gasteiger partial charge is 0.480 e. The Balaban J connectivity index is 1.32. The van der Waals surface area contributed by atoms with E-state index >= 15 is 0 Å². The summed E-state index contributed by atoms with van der Waals surface area (Å²) in [6, 6.07) is 7.32. The molecule has 4 heterocycles. The van der Waals surface area contributed by atoms with Crippen LogP contribution in [-0.2, 0) is 16.0 Å². The number of pyridine rings is 1. The number of anilines is 1. The SMILES string of the molecule is COc1ncc(NC(=O)C(=O)N2C[C@@H](C)CC[C@@H]2c2ccc3sc(CCN4CCCC4)nc3c2)cc1C(N)=O. The highest BCUT2D eigenvalue weighted by Gasteiger charge is 2.34. The number of carbonyl (C=O) groups is 3. The first kappa shape index (κ1) is 27.0. The van der Waals surface area contributed by atoms with E-state index in [2.05, 4.69) is 40.3 Å². The van der Waals surface area contributed by atoms with Gasteiger partial charge in [0.15, 0.2) is 0 Å². The molecule has 0 bridgehead atoms. The number of likely N-dealkylation sites (tertiary alicyclic amines) is 2. The van der Waals surface area contributed by atoms with Gasteiger partial charge in [-0.2, -0.15) is 0 Å². The predicted octanol–water partition coefficient (Wildman–Crippen LogP) is 3.38. The molecule has 3 N–H and O–H groups in total. The highest BCUT2D eigenvalue weighted by molar-refractivity contribution is 7.18. The van der Waals surface area contributed by atoms with Gasteiger partial charge < -0.3 is 25.6 Å². The van der Waals surface area contributed by atoms with Crippen molar-refractivity contribution in [3.05, 3.63) is 46.6 Å². The van der Waals surface area contributed by atoms with Gasteiger partial charge in [0.05, 0.1) is 40.3 Å². The van der Waals surface area contributed by atoms with Gasteiger partial charge in [0.2, 0.25) is 5.88 Å². The minimum atomic E-state index is -0.796. The molecule has 2 aromatic heterocycles. The first-order chi connectivity index (χ1) is 18.8. The molecule has 0 unspecified atom stereocenters. The second-order valence-electron chi connectivity index (χ2n) is 10.4. The smallest absolute Gasteiger partial charge is 0.313 e. The van der Waals surface area contributed by atoms with Crippen molar-refractivity contribution in [2.24, 2.45) is 11.7 Å². The monoisotopic (exact) mass is 550 g/mol. The average Bonchev–Trinajstić information content (AvgIpc) is 3.60. The minimum Gasteiger partial charge on any atom is -0.480 e. The second kappa shape index (κ2) is 11.7. The minimum absolute atomic E-state index is 0.0172. The van der Waals surface area contributed by atoms with E-state index in [9.17, 15) is 14.4 Å². The summed E-state index contributed by atoms with van der Waals surface area (Å²) < 4.78 is 6.18. The van der Waals surface area contributed by atoms with Crippen molar-refractivity contribution in [1.29, 1.82) is 0 Å². The number of nitrogens with one attached hydrogen (secondary N) is 1. The highest BCUT2D eigenvalue weighted by Crippen LogP contribution is 2.36. The third-order valence-corrected chi connectivity index (χ3v) is 8.62. The van der Waals surface area contributed by atoms with Crippen molar-refractivity contribution >= 4 is 45.0 Å². The number of carbonyl (C=O) groups excluding carboxylic acids is 3. The molecule has 2 atom stereocenters. The molecule has 0 aliphatic carbocycles. The molecule has 10 nitrogen and oxygen atoms in total. The van der Waals surface area contributed by atoms with Crippen LogP contribution >= 0.6 is 11.3 Å². The Labute approximate surface area is 231 Å². The summed E-state index contributed by atoms with van der Waals surface area (Å²) in [5, 5.41) is 3.70. The lowest BCUT2D eigenvalue weighted by Gasteiger charge is -2.38. The van der Waals surface area contributed by atoms with Crippen molar-refractivity contribution < 1.29 is 19.1 Å². The number of thiazole rings is 1. The molecular formula is C28H34N6O4S. The number of primary amides is 1. The molecule has 2 aliphatic heterocycles. The number of ether oxygens (including phenoxy) is 1. The number of rotatable bonds is 7. The van der Waals surface area contributed by atoms with E-state index in [4.69, 9.17) is 15.5 Å². The molecular weight excluding hydrogens is 516 g/mol. The van der Waals surface area contributed by atoms with Crippen LogP contribution in [0.1, 0.15) is 59.6 Å². The number of amides is 3. The van der Waals surface area contributed by atoms with Crippen molar-refractivity contribution in [2.75, 3.05) is 38.6 Å². The number of methoxy groups -OCH3 is 1. The van der Waals surface area contributed by atoms with Crippen LogP contribution in [0.2, 0.25) is 0 Å². The zero-order valence-corrected chi connectivity index (χ0v) is 23.1. The fourth-order valence-corrected chi connectivity index (χ4v) is 6.40. The molecule has 5 rings (SSSR count). The number of benzene rings is 1. The summed E-state index contributed by atoms with van der Waals surface area (Å²) in [7, 11) is 1.37. The van der Waals surface area contributed by atoms with Gasteiger partial charge >= 0.3 is 11.8 Å². The lowest BCUT2D eigenvalue weighted by molar-refractivity contribution is -0.146. The first-order valence-corrected chi connectivity index (χ1v) is 14.2. The number of hydrogen-bond donors (Lipinski definition) is 2. The third kappa shape index (κ3) is 6.04. The maximum absolute atomic E-state index is 13.4. The summed E-state index contributed by atoms with van der Waals surface area (Å²) in [5.41, 5.74) is 7.52. The maximum atomic E-state index is 13.4. The van der Waals surface area contributed by atoms with Crippen LogP contribution < -0.4 is 15.8 Å². The zero-order valence-electron chi connectivity index (χ0n) is 22.3. The van der Waals surface area contributed by atoms with E-state index in [0.717, 1.165) is 46.6 Å². The quantitative estimate of drug-likeness (QED) is 0.431. The van der Waals surface area contributed by atoms with Crippen molar-refractivity contribution in [3.63, 3.8) is 0 Å². The molecule has 39 heavy (non-hydrogen) atoms. The number of nitrogens with zero attached hydrogens (tertiary/aromatic N) is 4. The van der Waals surface area contributed by atoms with Crippen LogP contribution in [0.25, 0.3) is 10.2 Å². The van der Waals surface area contributed by atoms with E-state index in [1.54, 1.807) is 16.2 Å². The molecule has 0 saturated carbocycles. The Hall–Kier alpha value is -3.57. The van der Waals surface area contributed by atoms with E-state index in [1.165, 1.54) is 45.3 Å². The van der Waals surface area contributed by atoms with Gasteiger partial charge in [-0.1, -0.05) is 13.0 Å². The van der Waals surface area contributed by atoms with Gasteiger partial charge in [0, 0.05) is 19.5 Å². The lowest BCUT2D eigenvalue weighted by atomic mass is 9.89. The van der Waals surface area contributed by atoms with E-state index in [0.29, 0.717) is 6.54 Å². The maximum Gasteiger partial charge on any atom is 0.313 e. The fraction of sp³-hybridized carbons (Fsp3) is 0.464. The van der Waals surface area contributed by atoms with Gasteiger partial charge in [-0.25, -0.2) is 9.97 Å². The van der Waals surface area contributed by atoms with E-state index in [1.807, 2.05) is 0 Å². The Kier molecular flexibility index (Phi) is 8.08. The molecule has 11 heteroatoms. The van der Waals surface area contributed by atoms with Gasteiger partial charge in [0.25, 0.3) is 5.91 Å². The van der Waals surface area contributed by atoms with Crippen LogP contribution in [-0.4, -0.2) is 70.8 Å². The summed E-state index contributed by atoms with van der Waals surface area (Å²) in [6.45, 7) is 5.94. The Morgan fingerprint density at radius 1 is 1.18 bits per heavy atom. The molecule has 1 aromatic carbocycles. The van der Waals surface area contributed by atoms with E-state index in [-0.39, 0.29) is 29.1 Å². The van der Waals surface area contributed by atoms with Gasteiger partial charge in [-0.15, -0.1) is 11.3 Å². The van der Waals surface area contributed by atoms with Gasteiger partial charge in [0.1, 0.15) is 5.56 Å². The van der Waals surface area contributed by atoms with Crippen LogP contribution in [0.5, 0.6) is 5.88 Å². The molecule has 3 amide bonds. The molecule has 206 valence electrons. The van der Waals surface area contributed by atoms with Crippen molar-refractivity contribution in [2.45, 2.75) is 45.1 Å². The topological polar surface area (TPSA) is 131 Å². The number of piperidine rings is 1. The van der Waals surface area contributed by atoms with E-state index < -0.39 is 17.7 Å². The molecule has 3 aromatic rings. The van der Waals surface area contributed by atoms with Crippen molar-refractivity contribution in [3.8, 4) is 5.88 Å².